The maximum Gasteiger partial charge on any atom is 0.325 e. The van der Waals surface area contributed by atoms with Gasteiger partial charge in [0.25, 0.3) is 5.91 Å². The van der Waals surface area contributed by atoms with Crippen molar-refractivity contribution in [2.75, 3.05) is 20.7 Å². The number of hydrogen-bond donors (Lipinski definition) is 1. The van der Waals surface area contributed by atoms with Crippen molar-refractivity contribution in [2.45, 2.75) is 38.8 Å². The van der Waals surface area contributed by atoms with Crippen LogP contribution in [0.5, 0.6) is 5.75 Å². The molecule has 2 aromatic carbocycles. The lowest BCUT2D eigenvalue weighted by Gasteiger charge is -2.23. The molecule has 1 atom stereocenters. The minimum Gasteiger partial charge on any atom is -0.494 e. The summed E-state index contributed by atoms with van der Waals surface area (Å²) < 4.78 is 18.8. The number of nitrogens with one attached hydrogen (secondary N) is 1. The second-order valence-corrected chi connectivity index (χ2v) is 8.11. The molecule has 4 amide bonds. The second-order valence-electron chi connectivity index (χ2n) is 8.11. The molecule has 0 unspecified atom stereocenters. The molecular weight excluding hydrogens is 413 g/mol. The van der Waals surface area contributed by atoms with Crippen molar-refractivity contribution in [1.82, 2.24) is 15.1 Å². The molecule has 1 saturated heterocycles. The van der Waals surface area contributed by atoms with Gasteiger partial charge in [0, 0.05) is 13.6 Å². The lowest BCUT2D eigenvalue weighted by Crippen LogP contribution is -2.43. The average Bonchev–Trinajstić information content (AvgIpc) is 2.98. The van der Waals surface area contributed by atoms with Crippen LogP contribution in [0.25, 0.3) is 0 Å². The molecule has 0 aliphatic carbocycles. The molecule has 32 heavy (non-hydrogen) atoms. The normalized spacial score (nSPS) is 18.0. The molecule has 0 saturated carbocycles. The minimum absolute atomic E-state index is 0.115. The Hall–Kier alpha value is -3.42. The highest BCUT2D eigenvalue weighted by Crippen LogP contribution is 2.29. The van der Waals surface area contributed by atoms with Gasteiger partial charge in [0.2, 0.25) is 5.91 Å². The fourth-order valence-corrected chi connectivity index (χ4v) is 3.76. The van der Waals surface area contributed by atoms with E-state index < -0.39 is 35.7 Å². The molecule has 7 nitrogen and oxygen atoms in total. The van der Waals surface area contributed by atoms with Crippen LogP contribution < -0.4 is 10.1 Å². The van der Waals surface area contributed by atoms with Crippen LogP contribution in [-0.2, 0) is 28.1 Å². The first-order valence-electron chi connectivity index (χ1n) is 10.5. The number of urea groups is 1. The Morgan fingerprint density at radius 2 is 1.81 bits per heavy atom. The van der Waals surface area contributed by atoms with E-state index >= 15 is 0 Å². The van der Waals surface area contributed by atoms with Gasteiger partial charge in [0.05, 0.1) is 7.11 Å². The Bertz CT molecular complexity index is 1020. The van der Waals surface area contributed by atoms with Crippen molar-refractivity contribution < 1.29 is 23.5 Å². The quantitative estimate of drug-likeness (QED) is 0.638. The van der Waals surface area contributed by atoms with Gasteiger partial charge >= 0.3 is 6.03 Å². The smallest absolute Gasteiger partial charge is 0.325 e. The van der Waals surface area contributed by atoms with Crippen molar-refractivity contribution in [1.29, 1.82) is 0 Å². The van der Waals surface area contributed by atoms with E-state index in [1.165, 1.54) is 31.2 Å². The van der Waals surface area contributed by atoms with Crippen LogP contribution in [0.3, 0.4) is 0 Å². The third-order valence-corrected chi connectivity index (χ3v) is 5.70. The van der Waals surface area contributed by atoms with E-state index in [1.54, 1.807) is 13.0 Å². The number of nitrogens with zero attached hydrogens (tertiary/aromatic N) is 2. The summed E-state index contributed by atoms with van der Waals surface area (Å²) in [5.74, 6) is -1.33. The lowest BCUT2D eigenvalue weighted by atomic mass is 9.91. The molecule has 3 rings (SSSR count). The number of imide groups is 1. The van der Waals surface area contributed by atoms with Crippen LogP contribution >= 0.6 is 0 Å². The fraction of sp³-hybridized carbons (Fsp3) is 0.375. The van der Waals surface area contributed by atoms with Gasteiger partial charge in [0.1, 0.15) is 12.1 Å². The second kappa shape index (κ2) is 9.38. The third-order valence-electron chi connectivity index (χ3n) is 5.70. The van der Waals surface area contributed by atoms with E-state index in [2.05, 4.69) is 12.2 Å². The van der Waals surface area contributed by atoms with Crippen molar-refractivity contribution in [3.05, 3.63) is 65.0 Å². The number of amides is 4. The maximum atomic E-state index is 13.9. The van der Waals surface area contributed by atoms with Crippen LogP contribution in [0.2, 0.25) is 0 Å². The van der Waals surface area contributed by atoms with Crippen molar-refractivity contribution in [2.24, 2.45) is 0 Å². The molecule has 8 heteroatoms. The molecule has 1 heterocycles. The first-order chi connectivity index (χ1) is 15.2. The molecule has 0 bridgehead atoms. The number of halogens is 1. The zero-order valence-electron chi connectivity index (χ0n) is 18.8. The largest absolute Gasteiger partial charge is 0.494 e. The van der Waals surface area contributed by atoms with Gasteiger partial charge < -0.3 is 15.0 Å². The van der Waals surface area contributed by atoms with Crippen molar-refractivity contribution >= 4 is 17.8 Å². The van der Waals surface area contributed by atoms with Gasteiger partial charge in [0.15, 0.2) is 11.6 Å². The summed E-state index contributed by atoms with van der Waals surface area (Å²) in [6.07, 6.45) is 1.95. The molecule has 0 spiro atoms. The van der Waals surface area contributed by atoms with E-state index in [-0.39, 0.29) is 12.3 Å². The van der Waals surface area contributed by atoms with Gasteiger partial charge in [-0.25, -0.2) is 9.18 Å². The number of carbonyl (C=O) groups excluding carboxylic acids is 3. The van der Waals surface area contributed by atoms with E-state index in [1.807, 2.05) is 24.3 Å². The summed E-state index contributed by atoms with van der Waals surface area (Å²) in [6.45, 7) is 3.45. The van der Waals surface area contributed by atoms with E-state index in [9.17, 15) is 18.8 Å². The number of methoxy groups -OCH3 is 1. The van der Waals surface area contributed by atoms with Crippen molar-refractivity contribution in [3.63, 3.8) is 0 Å². The monoisotopic (exact) mass is 441 g/mol. The van der Waals surface area contributed by atoms with Crippen molar-refractivity contribution in [3.8, 4) is 5.75 Å². The zero-order chi connectivity index (χ0) is 23.5. The predicted octanol–water partition coefficient (Wildman–Crippen LogP) is 3.21. The summed E-state index contributed by atoms with van der Waals surface area (Å²) in [4.78, 5) is 40.6. The predicted molar refractivity (Wildman–Crippen MR) is 117 cm³/mol. The molecule has 0 radical (unpaired) electrons. The SMILES string of the molecule is CCCc1ccc([C@]2(C)NC(=O)N(CC(=O)N(C)Cc3ccc(OC)c(F)c3)C2=O)cc1. The molecule has 1 aliphatic rings. The third kappa shape index (κ3) is 4.59. The minimum atomic E-state index is -1.24. The first-order valence-corrected chi connectivity index (χ1v) is 10.5. The summed E-state index contributed by atoms with van der Waals surface area (Å²) in [5, 5.41) is 2.72. The number of benzene rings is 2. The number of ether oxygens (including phenoxy) is 1. The highest BCUT2D eigenvalue weighted by atomic mass is 19.1. The van der Waals surface area contributed by atoms with Gasteiger partial charge in [-0.3, -0.25) is 14.5 Å². The van der Waals surface area contributed by atoms with Crippen LogP contribution in [0.15, 0.2) is 42.5 Å². The topological polar surface area (TPSA) is 79.0 Å². The van der Waals surface area contributed by atoms with Crippen LogP contribution in [0.4, 0.5) is 9.18 Å². The summed E-state index contributed by atoms with van der Waals surface area (Å²) >= 11 is 0. The highest BCUT2D eigenvalue weighted by molar-refractivity contribution is 6.09. The molecule has 0 aromatic heterocycles. The number of rotatable bonds is 8. The number of hydrogen-bond acceptors (Lipinski definition) is 4. The standard InChI is InChI=1S/C24H28FN3O4/c1-5-6-16-7-10-18(11-8-16)24(2)22(30)28(23(31)26-24)15-21(29)27(3)14-17-9-12-20(32-4)19(25)13-17/h7-13H,5-6,14-15H2,1-4H3,(H,26,31)/t24-/m0/s1. The molecular formula is C24H28FN3O4. The molecule has 1 fully saturated rings. The van der Waals surface area contributed by atoms with Gasteiger partial charge in [-0.1, -0.05) is 43.7 Å². The molecule has 170 valence electrons. The Kier molecular flexibility index (Phi) is 6.81. The van der Waals surface area contributed by atoms with Gasteiger partial charge in [-0.15, -0.1) is 0 Å². The number of carbonyl (C=O) groups is 3. The Balaban J connectivity index is 1.68. The zero-order valence-corrected chi connectivity index (χ0v) is 18.8. The Morgan fingerprint density at radius 1 is 1.16 bits per heavy atom. The van der Waals surface area contributed by atoms with Crippen LogP contribution in [0.1, 0.15) is 37.0 Å². The summed E-state index contributed by atoms with van der Waals surface area (Å²) in [7, 11) is 2.91. The summed E-state index contributed by atoms with van der Waals surface area (Å²) in [6, 6.07) is 11.4. The van der Waals surface area contributed by atoms with E-state index in [0.29, 0.717) is 11.1 Å². The maximum absolute atomic E-state index is 13.9. The van der Waals surface area contributed by atoms with Gasteiger partial charge in [-0.05, 0) is 42.2 Å². The fourth-order valence-electron chi connectivity index (χ4n) is 3.76. The number of likely N-dealkylation sites (N-methyl/N-ethyl adjacent to an activating group) is 1. The van der Waals surface area contributed by atoms with E-state index in [4.69, 9.17) is 4.74 Å². The van der Waals surface area contributed by atoms with Crippen LogP contribution in [-0.4, -0.2) is 48.3 Å². The van der Waals surface area contributed by atoms with E-state index in [0.717, 1.165) is 23.3 Å². The lowest BCUT2D eigenvalue weighted by molar-refractivity contribution is -0.138. The number of aryl methyl sites for hydroxylation is 1. The molecule has 2 aromatic rings. The Labute approximate surface area is 187 Å². The highest BCUT2D eigenvalue weighted by Gasteiger charge is 2.49. The van der Waals surface area contributed by atoms with Crippen LogP contribution in [0, 0.1) is 5.82 Å². The average molecular weight is 442 g/mol. The first kappa shape index (κ1) is 23.2. The Morgan fingerprint density at radius 3 is 2.41 bits per heavy atom. The van der Waals surface area contributed by atoms with Gasteiger partial charge in [-0.2, -0.15) is 0 Å². The summed E-state index contributed by atoms with van der Waals surface area (Å²) in [5.41, 5.74) is 1.14. The molecule has 1 N–H and O–H groups in total. The molecule has 1 aliphatic heterocycles.